The zero-order valence-electron chi connectivity index (χ0n) is 14.5. The summed E-state index contributed by atoms with van der Waals surface area (Å²) < 4.78 is 5.59. The molecule has 1 aliphatic heterocycles. The zero-order chi connectivity index (χ0) is 17.8. The lowest BCUT2D eigenvalue weighted by Crippen LogP contribution is -2.31. The maximum Gasteiger partial charge on any atom is 0.258 e. The Morgan fingerprint density at radius 3 is 3.04 bits per heavy atom. The number of ether oxygens (including phenoxy) is 1. The number of nitrogens with one attached hydrogen (secondary N) is 2. The highest BCUT2D eigenvalue weighted by molar-refractivity contribution is 6.30. The van der Waals surface area contributed by atoms with Gasteiger partial charge in [0, 0.05) is 30.0 Å². The summed E-state index contributed by atoms with van der Waals surface area (Å²) in [6.07, 6.45) is 2.89. The molecule has 0 atom stereocenters. The topological polar surface area (TPSA) is 63.2 Å². The van der Waals surface area contributed by atoms with Gasteiger partial charge in [-0.1, -0.05) is 11.6 Å². The van der Waals surface area contributed by atoms with E-state index in [0.29, 0.717) is 17.3 Å². The standard InChI is InChI=1S/C19H22ClN3O2/c1-12-7-15(20)3-4-18(12)25-11-19(24)23-10-17-13(2)22-9-14-8-21-6-5-16(14)17/h3-4,7,9,21H,5-6,8,10-11H2,1-2H3,(H,23,24). The van der Waals surface area contributed by atoms with Crippen LogP contribution >= 0.6 is 11.6 Å². The van der Waals surface area contributed by atoms with E-state index < -0.39 is 0 Å². The summed E-state index contributed by atoms with van der Waals surface area (Å²) in [4.78, 5) is 16.6. The summed E-state index contributed by atoms with van der Waals surface area (Å²) in [6, 6.07) is 5.34. The number of halogens is 1. The Hall–Kier alpha value is -2.11. The van der Waals surface area contributed by atoms with Crippen LogP contribution in [0, 0.1) is 13.8 Å². The van der Waals surface area contributed by atoms with E-state index in [1.165, 1.54) is 11.1 Å². The molecule has 0 saturated heterocycles. The number of aryl methyl sites for hydroxylation is 2. The number of amides is 1. The second-order valence-corrected chi connectivity index (χ2v) is 6.66. The molecule has 2 N–H and O–H groups in total. The predicted octanol–water partition coefficient (Wildman–Crippen LogP) is 2.69. The summed E-state index contributed by atoms with van der Waals surface area (Å²) in [6.45, 7) is 6.13. The van der Waals surface area contributed by atoms with Gasteiger partial charge in [0.25, 0.3) is 5.91 Å². The molecule has 0 bridgehead atoms. The second kappa shape index (κ2) is 7.85. The van der Waals surface area contributed by atoms with Crippen molar-refractivity contribution in [1.82, 2.24) is 15.6 Å². The first-order valence-corrected chi connectivity index (χ1v) is 8.75. The summed E-state index contributed by atoms with van der Waals surface area (Å²) >= 11 is 5.92. The quantitative estimate of drug-likeness (QED) is 0.861. The fourth-order valence-corrected chi connectivity index (χ4v) is 3.26. The summed E-state index contributed by atoms with van der Waals surface area (Å²) in [7, 11) is 0. The SMILES string of the molecule is Cc1cc(Cl)ccc1OCC(=O)NCc1c(C)ncc2c1CCNC2. The molecular weight excluding hydrogens is 338 g/mol. The number of fused-ring (bicyclic) bond motifs is 1. The molecule has 6 heteroatoms. The molecule has 1 aliphatic rings. The molecule has 3 rings (SSSR count). The smallest absolute Gasteiger partial charge is 0.258 e. The molecule has 0 saturated carbocycles. The highest BCUT2D eigenvalue weighted by atomic mass is 35.5. The van der Waals surface area contributed by atoms with E-state index in [9.17, 15) is 4.79 Å². The Bertz CT molecular complexity index is 792. The van der Waals surface area contributed by atoms with Crippen molar-refractivity contribution in [1.29, 1.82) is 0 Å². The van der Waals surface area contributed by atoms with Crippen LogP contribution in [0.1, 0.15) is 27.9 Å². The van der Waals surface area contributed by atoms with Crippen LogP contribution in [-0.2, 0) is 24.3 Å². The summed E-state index contributed by atoms with van der Waals surface area (Å²) in [5, 5.41) is 6.94. The third-order valence-electron chi connectivity index (χ3n) is 4.43. The molecule has 1 aromatic heterocycles. The van der Waals surface area contributed by atoms with Gasteiger partial charge < -0.3 is 15.4 Å². The van der Waals surface area contributed by atoms with Gasteiger partial charge in [0.2, 0.25) is 0 Å². The first-order valence-electron chi connectivity index (χ1n) is 8.37. The number of hydrogen-bond acceptors (Lipinski definition) is 4. The van der Waals surface area contributed by atoms with Gasteiger partial charge in [-0.25, -0.2) is 0 Å². The Morgan fingerprint density at radius 2 is 2.24 bits per heavy atom. The minimum atomic E-state index is -0.153. The van der Waals surface area contributed by atoms with E-state index in [1.54, 1.807) is 12.1 Å². The first-order chi connectivity index (χ1) is 12.0. The molecule has 25 heavy (non-hydrogen) atoms. The van der Waals surface area contributed by atoms with Gasteiger partial charge in [-0.05, 0) is 67.3 Å². The fourth-order valence-electron chi connectivity index (χ4n) is 3.03. The number of benzene rings is 1. The van der Waals surface area contributed by atoms with E-state index >= 15 is 0 Å². The highest BCUT2D eigenvalue weighted by Crippen LogP contribution is 2.22. The molecule has 2 heterocycles. The van der Waals surface area contributed by atoms with E-state index in [4.69, 9.17) is 16.3 Å². The van der Waals surface area contributed by atoms with Gasteiger partial charge in [-0.2, -0.15) is 0 Å². The third kappa shape index (κ3) is 4.30. The Labute approximate surface area is 152 Å². The number of hydrogen-bond donors (Lipinski definition) is 2. The Morgan fingerprint density at radius 1 is 1.40 bits per heavy atom. The van der Waals surface area contributed by atoms with Crippen molar-refractivity contribution in [3.8, 4) is 5.75 Å². The molecular formula is C19H22ClN3O2. The van der Waals surface area contributed by atoms with Gasteiger partial charge in [-0.3, -0.25) is 9.78 Å². The molecule has 0 aliphatic carbocycles. The largest absolute Gasteiger partial charge is 0.484 e. The van der Waals surface area contributed by atoms with Crippen molar-refractivity contribution in [2.24, 2.45) is 0 Å². The fraction of sp³-hybridized carbons (Fsp3) is 0.368. The summed E-state index contributed by atoms with van der Waals surface area (Å²) in [5.41, 5.74) is 5.52. The number of nitrogens with zero attached hydrogens (tertiary/aromatic N) is 1. The normalized spacial score (nSPS) is 13.2. The molecule has 2 aromatic rings. The van der Waals surface area contributed by atoms with Crippen molar-refractivity contribution >= 4 is 17.5 Å². The molecule has 1 aromatic carbocycles. The second-order valence-electron chi connectivity index (χ2n) is 6.23. The zero-order valence-corrected chi connectivity index (χ0v) is 15.2. The lowest BCUT2D eigenvalue weighted by molar-refractivity contribution is -0.123. The number of aromatic nitrogens is 1. The third-order valence-corrected chi connectivity index (χ3v) is 4.66. The monoisotopic (exact) mass is 359 g/mol. The van der Waals surface area contributed by atoms with Gasteiger partial charge in [0.1, 0.15) is 5.75 Å². The number of carbonyl (C=O) groups excluding carboxylic acids is 1. The summed E-state index contributed by atoms with van der Waals surface area (Å²) in [5.74, 6) is 0.515. The van der Waals surface area contributed by atoms with Crippen LogP contribution in [0.4, 0.5) is 0 Å². The molecule has 0 unspecified atom stereocenters. The highest BCUT2D eigenvalue weighted by Gasteiger charge is 2.16. The maximum atomic E-state index is 12.2. The predicted molar refractivity (Wildman–Crippen MR) is 97.9 cm³/mol. The molecule has 0 spiro atoms. The van der Waals surface area contributed by atoms with Crippen LogP contribution < -0.4 is 15.4 Å². The van der Waals surface area contributed by atoms with Crippen molar-refractivity contribution < 1.29 is 9.53 Å². The van der Waals surface area contributed by atoms with E-state index in [0.717, 1.165) is 36.3 Å². The lowest BCUT2D eigenvalue weighted by Gasteiger charge is -2.21. The van der Waals surface area contributed by atoms with Gasteiger partial charge in [0.05, 0.1) is 0 Å². The van der Waals surface area contributed by atoms with Crippen LogP contribution in [0.2, 0.25) is 5.02 Å². The van der Waals surface area contributed by atoms with E-state index in [2.05, 4.69) is 15.6 Å². The minimum Gasteiger partial charge on any atom is -0.484 e. The number of carbonyl (C=O) groups is 1. The number of pyridine rings is 1. The van der Waals surface area contributed by atoms with Crippen molar-refractivity contribution in [2.45, 2.75) is 33.4 Å². The van der Waals surface area contributed by atoms with Gasteiger partial charge in [-0.15, -0.1) is 0 Å². The molecule has 132 valence electrons. The molecule has 0 fully saturated rings. The Kier molecular flexibility index (Phi) is 5.56. The van der Waals surface area contributed by atoms with E-state index in [1.807, 2.05) is 26.1 Å². The maximum absolute atomic E-state index is 12.2. The van der Waals surface area contributed by atoms with Crippen LogP contribution in [0.5, 0.6) is 5.75 Å². The average molecular weight is 360 g/mol. The van der Waals surface area contributed by atoms with Gasteiger partial charge in [0.15, 0.2) is 6.61 Å². The lowest BCUT2D eigenvalue weighted by atomic mass is 9.96. The van der Waals surface area contributed by atoms with Crippen molar-refractivity contribution in [3.05, 3.63) is 57.4 Å². The van der Waals surface area contributed by atoms with Crippen molar-refractivity contribution in [2.75, 3.05) is 13.2 Å². The van der Waals surface area contributed by atoms with Crippen LogP contribution in [0.3, 0.4) is 0 Å². The minimum absolute atomic E-state index is 0.0223. The van der Waals surface area contributed by atoms with Crippen molar-refractivity contribution in [3.63, 3.8) is 0 Å². The molecule has 0 radical (unpaired) electrons. The van der Waals surface area contributed by atoms with Crippen LogP contribution in [0.15, 0.2) is 24.4 Å². The first kappa shape index (κ1) is 17.7. The molecule has 1 amide bonds. The number of rotatable bonds is 5. The van der Waals surface area contributed by atoms with Gasteiger partial charge >= 0.3 is 0 Å². The van der Waals surface area contributed by atoms with Crippen LogP contribution in [0.25, 0.3) is 0 Å². The average Bonchev–Trinajstić information content (AvgIpc) is 2.60. The Balaban J connectivity index is 1.59. The molecule has 5 nitrogen and oxygen atoms in total. The van der Waals surface area contributed by atoms with E-state index in [-0.39, 0.29) is 12.5 Å². The van der Waals surface area contributed by atoms with Crippen LogP contribution in [-0.4, -0.2) is 24.0 Å².